The Morgan fingerprint density at radius 1 is 1.33 bits per heavy atom. The van der Waals surface area contributed by atoms with Gasteiger partial charge in [0.05, 0.1) is 12.5 Å². The summed E-state index contributed by atoms with van der Waals surface area (Å²) in [6, 6.07) is 9.74. The fourth-order valence-corrected chi connectivity index (χ4v) is 2.14. The van der Waals surface area contributed by atoms with E-state index in [1.54, 1.807) is 4.52 Å². The van der Waals surface area contributed by atoms with E-state index in [9.17, 15) is 0 Å². The quantitative estimate of drug-likeness (QED) is 0.752. The lowest BCUT2D eigenvalue weighted by atomic mass is 10.1. The summed E-state index contributed by atoms with van der Waals surface area (Å²) in [6.07, 6.45) is 1.83. The van der Waals surface area contributed by atoms with Crippen LogP contribution in [-0.2, 0) is 6.42 Å². The van der Waals surface area contributed by atoms with Gasteiger partial charge in [-0.2, -0.15) is 24.8 Å². The molecule has 3 aromatic rings. The molecule has 1 N–H and O–H groups in total. The lowest BCUT2D eigenvalue weighted by Gasteiger charge is -2.12. The van der Waals surface area contributed by atoms with Gasteiger partial charge in [-0.05, 0) is 24.6 Å². The number of benzene rings is 1. The molecule has 2 heterocycles. The number of fused-ring (bicyclic) bond motifs is 1. The van der Waals surface area contributed by atoms with E-state index in [-0.39, 0.29) is 0 Å². The van der Waals surface area contributed by atoms with Gasteiger partial charge >= 0.3 is 0 Å². The van der Waals surface area contributed by atoms with Crippen LogP contribution >= 0.6 is 11.6 Å². The Bertz CT molecular complexity index is 831. The zero-order chi connectivity index (χ0) is 14.8. The van der Waals surface area contributed by atoms with Gasteiger partial charge in [-0.15, -0.1) is 0 Å². The predicted molar refractivity (Wildman–Crippen MR) is 79.6 cm³/mol. The van der Waals surface area contributed by atoms with Crippen molar-refractivity contribution in [2.45, 2.75) is 13.3 Å². The smallest absolute Gasteiger partial charge is 0.255 e. The molecule has 0 atom stereocenters. The van der Waals surface area contributed by atoms with Crippen molar-refractivity contribution >= 4 is 28.9 Å². The van der Waals surface area contributed by atoms with Crippen LogP contribution < -0.4 is 5.32 Å². The Hall–Kier alpha value is -2.65. The third-order valence-corrected chi connectivity index (χ3v) is 3.47. The van der Waals surface area contributed by atoms with Crippen molar-refractivity contribution in [3.05, 3.63) is 46.9 Å². The Kier molecular flexibility index (Phi) is 3.42. The van der Waals surface area contributed by atoms with Crippen LogP contribution in [0.4, 0.5) is 11.5 Å². The number of aromatic nitrogens is 4. The van der Waals surface area contributed by atoms with Gasteiger partial charge in [0.2, 0.25) is 0 Å². The normalized spacial score (nSPS) is 10.5. The van der Waals surface area contributed by atoms with Crippen LogP contribution in [0.2, 0.25) is 5.15 Å². The van der Waals surface area contributed by atoms with Gasteiger partial charge in [0, 0.05) is 11.3 Å². The average molecular weight is 299 g/mol. The maximum atomic E-state index is 8.68. The van der Waals surface area contributed by atoms with Crippen LogP contribution in [0.15, 0.2) is 30.6 Å². The number of halogens is 1. The monoisotopic (exact) mass is 298 g/mol. The summed E-state index contributed by atoms with van der Waals surface area (Å²) in [7, 11) is 0. The van der Waals surface area contributed by atoms with E-state index in [2.05, 4.69) is 26.5 Å². The molecule has 21 heavy (non-hydrogen) atoms. The highest BCUT2D eigenvalue weighted by Crippen LogP contribution is 2.25. The maximum absolute atomic E-state index is 8.68. The first-order valence-electron chi connectivity index (χ1n) is 6.28. The van der Waals surface area contributed by atoms with Crippen molar-refractivity contribution in [2.24, 2.45) is 0 Å². The van der Waals surface area contributed by atoms with Crippen LogP contribution in [0.5, 0.6) is 0 Å². The van der Waals surface area contributed by atoms with Crippen LogP contribution in [0, 0.1) is 18.3 Å². The first kappa shape index (κ1) is 13.3. The summed E-state index contributed by atoms with van der Waals surface area (Å²) in [5.41, 5.74) is 2.63. The fraction of sp³-hybridized carbons (Fsp3) is 0.143. The molecular formula is C14H11ClN6. The summed E-state index contributed by atoms with van der Waals surface area (Å²) in [4.78, 5) is 8.20. The highest BCUT2D eigenvalue weighted by molar-refractivity contribution is 6.30. The number of hydrogen-bond donors (Lipinski definition) is 1. The number of nitrogens with one attached hydrogen (secondary N) is 1. The SMILES string of the molecule is Cc1c(Cl)nc2ncnn2c1Nc1ccc(CC#N)cc1. The third-order valence-electron chi connectivity index (χ3n) is 3.10. The van der Waals surface area contributed by atoms with E-state index >= 15 is 0 Å². The number of nitriles is 1. The van der Waals surface area contributed by atoms with E-state index < -0.39 is 0 Å². The number of rotatable bonds is 3. The topological polar surface area (TPSA) is 78.9 Å². The largest absolute Gasteiger partial charge is 0.340 e. The molecule has 0 saturated heterocycles. The minimum Gasteiger partial charge on any atom is -0.340 e. The second kappa shape index (κ2) is 5.38. The highest BCUT2D eigenvalue weighted by atomic mass is 35.5. The summed E-state index contributed by atoms with van der Waals surface area (Å²) in [5, 5.41) is 16.5. The van der Waals surface area contributed by atoms with Gasteiger partial charge in [-0.1, -0.05) is 23.7 Å². The molecule has 0 aliphatic heterocycles. The Morgan fingerprint density at radius 2 is 2.10 bits per heavy atom. The van der Waals surface area contributed by atoms with E-state index in [0.717, 1.165) is 22.6 Å². The van der Waals surface area contributed by atoms with Crippen LogP contribution in [0.25, 0.3) is 5.78 Å². The Labute approximate surface area is 126 Å². The summed E-state index contributed by atoms with van der Waals surface area (Å²) >= 11 is 6.11. The van der Waals surface area contributed by atoms with E-state index in [1.165, 1.54) is 6.33 Å². The number of hydrogen-bond acceptors (Lipinski definition) is 5. The molecule has 104 valence electrons. The zero-order valence-corrected chi connectivity index (χ0v) is 12.0. The Balaban J connectivity index is 1.99. The van der Waals surface area contributed by atoms with Crippen molar-refractivity contribution in [1.29, 1.82) is 5.26 Å². The van der Waals surface area contributed by atoms with Crippen molar-refractivity contribution in [3.8, 4) is 6.07 Å². The lowest BCUT2D eigenvalue weighted by molar-refractivity contribution is 0.936. The van der Waals surface area contributed by atoms with Crippen molar-refractivity contribution in [2.75, 3.05) is 5.32 Å². The first-order chi connectivity index (χ1) is 10.2. The highest BCUT2D eigenvalue weighted by Gasteiger charge is 2.12. The minimum absolute atomic E-state index is 0.388. The van der Waals surface area contributed by atoms with Gasteiger partial charge in [-0.3, -0.25) is 0 Å². The van der Waals surface area contributed by atoms with Crippen LogP contribution in [0.3, 0.4) is 0 Å². The molecule has 0 saturated carbocycles. The molecule has 7 heteroatoms. The Morgan fingerprint density at radius 3 is 2.81 bits per heavy atom. The third kappa shape index (κ3) is 2.51. The molecular weight excluding hydrogens is 288 g/mol. The van der Waals surface area contributed by atoms with Gasteiger partial charge in [0.1, 0.15) is 17.3 Å². The average Bonchev–Trinajstić information content (AvgIpc) is 2.94. The molecule has 1 aromatic carbocycles. The number of anilines is 2. The predicted octanol–water partition coefficient (Wildman–Crippen LogP) is 2.90. The molecule has 0 fully saturated rings. The summed E-state index contributed by atoms with van der Waals surface area (Å²) in [6.45, 7) is 1.86. The molecule has 2 aromatic heterocycles. The van der Waals surface area contributed by atoms with Gasteiger partial charge in [-0.25, -0.2) is 0 Å². The molecule has 6 nitrogen and oxygen atoms in total. The van der Waals surface area contributed by atoms with E-state index in [4.69, 9.17) is 16.9 Å². The number of nitrogens with zero attached hydrogens (tertiary/aromatic N) is 5. The fourth-order valence-electron chi connectivity index (χ4n) is 1.98. The van der Waals surface area contributed by atoms with Gasteiger partial charge < -0.3 is 5.32 Å². The lowest BCUT2D eigenvalue weighted by Crippen LogP contribution is -2.05. The van der Waals surface area contributed by atoms with Crippen LogP contribution in [0.1, 0.15) is 11.1 Å². The minimum atomic E-state index is 0.388. The molecule has 0 aliphatic carbocycles. The van der Waals surface area contributed by atoms with Crippen LogP contribution in [-0.4, -0.2) is 19.6 Å². The van der Waals surface area contributed by atoms with Crippen molar-refractivity contribution in [3.63, 3.8) is 0 Å². The standard InChI is InChI=1S/C14H11ClN6/c1-9-12(15)20-14-17-8-18-21(14)13(9)19-11-4-2-10(3-5-11)6-7-16/h2-5,8,19H,6H2,1H3. The first-order valence-corrected chi connectivity index (χ1v) is 6.65. The second-order valence-corrected chi connectivity index (χ2v) is 4.86. The molecule has 0 unspecified atom stereocenters. The van der Waals surface area contributed by atoms with E-state index in [1.807, 2.05) is 31.2 Å². The maximum Gasteiger partial charge on any atom is 0.255 e. The van der Waals surface area contributed by atoms with Gasteiger partial charge in [0.25, 0.3) is 5.78 Å². The second-order valence-electron chi connectivity index (χ2n) is 4.50. The molecule has 0 amide bonds. The molecule has 0 spiro atoms. The van der Waals surface area contributed by atoms with E-state index in [0.29, 0.717) is 17.4 Å². The van der Waals surface area contributed by atoms with Crippen molar-refractivity contribution < 1.29 is 0 Å². The summed E-state index contributed by atoms with van der Waals surface area (Å²) in [5.74, 6) is 1.16. The molecule has 0 radical (unpaired) electrons. The van der Waals surface area contributed by atoms with Gasteiger partial charge in [0.15, 0.2) is 0 Å². The molecule has 0 bridgehead atoms. The molecule has 3 rings (SSSR count). The van der Waals surface area contributed by atoms with Crippen molar-refractivity contribution in [1.82, 2.24) is 19.6 Å². The summed E-state index contributed by atoms with van der Waals surface area (Å²) < 4.78 is 1.60. The zero-order valence-electron chi connectivity index (χ0n) is 11.2. The molecule has 0 aliphatic rings.